The number of aliphatic hydroxyl groups excluding tert-OH is 1. The van der Waals surface area contributed by atoms with Gasteiger partial charge in [-0.3, -0.25) is 0 Å². The van der Waals surface area contributed by atoms with E-state index in [1.807, 2.05) is 19.9 Å². The number of rotatable bonds is 5. The van der Waals surface area contributed by atoms with Gasteiger partial charge in [0.25, 0.3) is 0 Å². The second-order valence-corrected chi connectivity index (χ2v) is 5.24. The second-order valence-electron chi connectivity index (χ2n) is 5.24. The maximum absolute atomic E-state index is 9.96. The molecule has 1 fully saturated rings. The Morgan fingerprint density at radius 1 is 1.28 bits per heavy atom. The standard InChI is InChI=1S/C15H23NO2/c1-12-5-6-13(2)15(9-12)18-11-14(17)10-16-7-3-4-8-16/h5-6,9,14,17H,3-4,7-8,10-11H2,1-2H3. The Morgan fingerprint density at radius 3 is 2.72 bits per heavy atom. The summed E-state index contributed by atoms with van der Waals surface area (Å²) in [4.78, 5) is 2.30. The van der Waals surface area contributed by atoms with Crippen LogP contribution >= 0.6 is 0 Å². The van der Waals surface area contributed by atoms with Crippen molar-refractivity contribution in [1.29, 1.82) is 0 Å². The van der Waals surface area contributed by atoms with E-state index in [2.05, 4.69) is 17.0 Å². The van der Waals surface area contributed by atoms with Crippen LogP contribution in [-0.2, 0) is 0 Å². The molecule has 0 amide bonds. The van der Waals surface area contributed by atoms with Gasteiger partial charge in [-0.15, -0.1) is 0 Å². The van der Waals surface area contributed by atoms with E-state index >= 15 is 0 Å². The van der Waals surface area contributed by atoms with Crippen LogP contribution in [0.25, 0.3) is 0 Å². The lowest BCUT2D eigenvalue weighted by Crippen LogP contribution is -2.33. The van der Waals surface area contributed by atoms with Gasteiger partial charge in [-0.05, 0) is 57.0 Å². The first-order valence-electron chi connectivity index (χ1n) is 6.75. The fourth-order valence-corrected chi connectivity index (χ4v) is 2.36. The van der Waals surface area contributed by atoms with Crippen LogP contribution in [0, 0.1) is 13.8 Å². The quantitative estimate of drug-likeness (QED) is 0.868. The van der Waals surface area contributed by atoms with E-state index in [1.165, 1.54) is 18.4 Å². The van der Waals surface area contributed by atoms with Gasteiger partial charge >= 0.3 is 0 Å². The van der Waals surface area contributed by atoms with E-state index in [9.17, 15) is 5.11 Å². The number of aliphatic hydroxyl groups is 1. The van der Waals surface area contributed by atoms with Crippen LogP contribution in [0.1, 0.15) is 24.0 Å². The van der Waals surface area contributed by atoms with Gasteiger partial charge in [-0.1, -0.05) is 12.1 Å². The third-order valence-electron chi connectivity index (χ3n) is 3.44. The normalized spacial score (nSPS) is 17.9. The van der Waals surface area contributed by atoms with E-state index < -0.39 is 6.10 Å². The lowest BCUT2D eigenvalue weighted by molar-refractivity contribution is 0.0755. The van der Waals surface area contributed by atoms with E-state index in [4.69, 9.17) is 4.74 Å². The molecule has 0 radical (unpaired) electrons. The molecule has 1 heterocycles. The van der Waals surface area contributed by atoms with E-state index in [0.717, 1.165) is 30.9 Å². The summed E-state index contributed by atoms with van der Waals surface area (Å²) in [7, 11) is 0. The second kappa shape index (κ2) is 6.21. The van der Waals surface area contributed by atoms with Crippen LogP contribution in [0.4, 0.5) is 0 Å². The predicted molar refractivity (Wildman–Crippen MR) is 73.1 cm³/mol. The molecule has 18 heavy (non-hydrogen) atoms. The molecule has 1 atom stereocenters. The number of ether oxygens (including phenoxy) is 1. The summed E-state index contributed by atoms with van der Waals surface area (Å²) in [6.45, 7) is 7.40. The molecule has 1 saturated heterocycles. The molecule has 0 aromatic heterocycles. The maximum atomic E-state index is 9.96. The van der Waals surface area contributed by atoms with Crippen molar-refractivity contribution in [2.75, 3.05) is 26.2 Å². The van der Waals surface area contributed by atoms with Gasteiger partial charge in [-0.2, -0.15) is 0 Å². The first kappa shape index (κ1) is 13.4. The topological polar surface area (TPSA) is 32.7 Å². The molecule has 0 spiro atoms. The van der Waals surface area contributed by atoms with Crippen LogP contribution in [0.15, 0.2) is 18.2 Å². The smallest absolute Gasteiger partial charge is 0.122 e. The molecule has 100 valence electrons. The maximum Gasteiger partial charge on any atom is 0.122 e. The van der Waals surface area contributed by atoms with Gasteiger partial charge in [0, 0.05) is 6.54 Å². The summed E-state index contributed by atoms with van der Waals surface area (Å²) in [5.74, 6) is 0.885. The summed E-state index contributed by atoms with van der Waals surface area (Å²) < 4.78 is 5.71. The van der Waals surface area contributed by atoms with Gasteiger partial charge in [0.2, 0.25) is 0 Å². The molecule has 1 aliphatic rings. The number of likely N-dealkylation sites (tertiary alicyclic amines) is 1. The highest BCUT2D eigenvalue weighted by Gasteiger charge is 2.16. The van der Waals surface area contributed by atoms with Gasteiger partial charge in [-0.25, -0.2) is 0 Å². The summed E-state index contributed by atoms with van der Waals surface area (Å²) in [6, 6.07) is 6.15. The third-order valence-corrected chi connectivity index (χ3v) is 3.44. The average molecular weight is 249 g/mol. The Kier molecular flexibility index (Phi) is 4.61. The number of hydrogen-bond donors (Lipinski definition) is 1. The summed E-state index contributed by atoms with van der Waals surface area (Å²) >= 11 is 0. The Balaban J connectivity index is 1.81. The van der Waals surface area contributed by atoms with Crippen LogP contribution in [0.2, 0.25) is 0 Å². The van der Waals surface area contributed by atoms with Gasteiger partial charge in [0.1, 0.15) is 18.5 Å². The van der Waals surface area contributed by atoms with Crippen LogP contribution in [0.3, 0.4) is 0 Å². The molecular weight excluding hydrogens is 226 g/mol. The van der Waals surface area contributed by atoms with E-state index in [-0.39, 0.29) is 0 Å². The van der Waals surface area contributed by atoms with Gasteiger partial charge in [0.15, 0.2) is 0 Å². The highest BCUT2D eigenvalue weighted by Crippen LogP contribution is 2.19. The van der Waals surface area contributed by atoms with E-state index in [0.29, 0.717) is 6.61 Å². The molecule has 0 bridgehead atoms. The number of nitrogens with zero attached hydrogens (tertiary/aromatic N) is 1. The molecule has 1 aromatic carbocycles. The Labute approximate surface area is 109 Å². The van der Waals surface area contributed by atoms with Crippen molar-refractivity contribution in [3.8, 4) is 5.75 Å². The van der Waals surface area contributed by atoms with E-state index in [1.54, 1.807) is 0 Å². The minimum absolute atomic E-state index is 0.376. The zero-order chi connectivity index (χ0) is 13.0. The molecule has 3 nitrogen and oxygen atoms in total. The molecule has 3 heteroatoms. The average Bonchev–Trinajstić information content (AvgIpc) is 2.83. The molecule has 0 aliphatic carbocycles. The zero-order valence-corrected chi connectivity index (χ0v) is 11.4. The van der Waals surface area contributed by atoms with Crippen LogP contribution in [-0.4, -0.2) is 42.4 Å². The Bertz CT molecular complexity index is 386. The van der Waals surface area contributed by atoms with Crippen molar-refractivity contribution < 1.29 is 9.84 Å². The van der Waals surface area contributed by atoms with Crippen molar-refractivity contribution in [2.45, 2.75) is 32.8 Å². The monoisotopic (exact) mass is 249 g/mol. The zero-order valence-electron chi connectivity index (χ0n) is 11.4. The SMILES string of the molecule is Cc1ccc(C)c(OCC(O)CN2CCCC2)c1. The van der Waals surface area contributed by atoms with Crippen molar-refractivity contribution >= 4 is 0 Å². The Hall–Kier alpha value is -1.06. The lowest BCUT2D eigenvalue weighted by Gasteiger charge is -2.20. The third kappa shape index (κ3) is 3.72. The highest BCUT2D eigenvalue weighted by atomic mass is 16.5. The van der Waals surface area contributed by atoms with Gasteiger partial charge in [0.05, 0.1) is 0 Å². The van der Waals surface area contributed by atoms with Crippen LogP contribution < -0.4 is 4.74 Å². The summed E-state index contributed by atoms with van der Waals surface area (Å²) in [6.07, 6.45) is 2.11. The molecular formula is C15H23NO2. The van der Waals surface area contributed by atoms with Crippen LogP contribution in [0.5, 0.6) is 5.75 Å². The number of benzene rings is 1. The Morgan fingerprint density at radius 2 is 2.00 bits per heavy atom. The fraction of sp³-hybridized carbons (Fsp3) is 0.600. The largest absolute Gasteiger partial charge is 0.491 e. The molecule has 1 N–H and O–H groups in total. The number of β-amino-alcohol motifs (C(OH)–C–C–N with tert-alkyl or cyclic N) is 1. The fourth-order valence-electron chi connectivity index (χ4n) is 2.36. The number of hydrogen-bond acceptors (Lipinski definition) is 3. The first-order valence-corrected chi connectivity index (χ1v) is 6.75. The van der Waals surface area contributed by atoms with Gasteiger partial charge < -0.3 is 14.7 Å². The molecule has 2 rings (SSSR count). The highest BCUT2D eigenvalue weighted by molar-refractivity contribution is 5.35. The van der Waals surface area contributed by atoms with Crippen molar-refractivity contribution in [3.63, 3.8) is 0 Å². The van der Waals surface area contributed by atoms with Crippen molar-refractivity contribution in [1.82, 2.24) is 4.90 Å². The predicted octanol–water partition coefficient (Wildman–Crippen LogP) is 2.14. The molecule has 1 aliphatic heterocycles. The molecule has 1 unspecified atom stereocenters. The number of aryl methyl sites for hydroxylation is 2. The summed E-state index contributed by atoms with van der Waals surface area (Å²) in [5, 5.41) is 9.96. The summed E-state index contributed by atoms with van der Waals surface area (Å²) in [5.41, 5.74) is 2.30. The minimum atomic E-state index is -0.400. The van der Waals surface area contributed by atoms with Crippen molar-refractivity contribution in [2.24, 2.45) is 0 Å². The first-order chi connectivity index (χ1) is 8.65. The minimum Gasteiger partial charge on any atom is -0.491 e. The molecule has 0 saturated carbocycles. The lowest BCUT2D eigenvalue weighted by atomic mass is 10.1. The molecule has 1 aromatic rings. The van der Waals surface area contributed by atoms with Crippen molar-refractivity contribution in [3.05, 3.63) is 29.3 Å².